The standard InChI is InChI=1S/C21H43N5O/c1-4-6-7-8-11-18(3)25-21(23-5-2)24-14-9-10-15-26-16-12-19(13-17-26)20(22)27/h18-19H,4-17H2,1-3H3,(H2,22,27)(H2,23,24,25). The summed E-state index contributed by atoms with van der Waals surface area (Å²) in [6.07, 6.45) is 10.5. The van der Waals surface area contributed by atoms with E-state index in [1.165, 1.54) is 32.1 Å². The Morgan fingerprint density at radius 3 is 2.52 bits per heavy atom. The molecule has 1 rings (SSSR count). The number of carbonyl (C=O) groups excluding carboxylic acids is 1. The smallest absolute Gasteiger partial charge is 0.220 e. The van der Waals surface area contributed by atoms with Gasteiger partial charge < -0.3 is 21.3 Å². The van der Waals surface area contributed by atoms with E-state index in [0.717, 1.165) is 64.4 Å². The third kappa shape index (κ3) is 11.2. The highest BCUT2D eigenvalue weighted by molar-refractivity contribution is 5.80. The molecule has 1 unspecified atom stereocenters. The monoisotopic (exact) mass is 381 g/mol. The lowest BCUT2D eigenvalue weighted by Gasteiger charge is -2.30. The fraction of sp³-hybridized carbons (Fsp3) is 0.905. The fourth-order valence-corrected chi connectivity index (χ4v) is 3.58. The van der Waals surface area contributed by atoms with Gasteiger partial charge in [0.1, 0.15) is 0 Å². The topological polar surface area (TPSA) is 82.8 Å². The van der Waals surface area contributed by atoms with Gasteiger partial charge in [0.2, 0.25) is 5.91 Å². The zero-order valence-corrected chi connectivity index (χ0v) is 17.9. The van der Waals surface area contributed by atoms with Gasteiger partial charge >= 0.3 is 0 Å². The van der Waals surface area contributed by atoms with Crippen LogP contribution in [0.1, 0.15) is 78.6 Å². The lowest BCUT2D eigenvalue weighted by Crippen LogP contribution is -2.42. The summed E-state index contributed by atoms with van der Waals surface area (Å²) in [7, 11) is 0. The summed E-state index contributed by atoms with van der Waals surface area (Å²) >= 11 is 0. The van der Waals surface area contributed by atoms with Crippen molar-refractivity contribution in [2.24, 2.45) is 16.6 Å². The molecule has 0 aromatic carbocycles. The van der Waals surface area contributed by atoms with Crippen LogP contribution in [-0.2, 0) is 4.79 Å². The maximum absolute atomic E-state index is 11.2. The zero-order chi connectivity index (χ0) is 19.9. The second kappa shape index (κ2) is 14.7. The van der Waals surface area contributed by atoms with Gasteiger partial charge in [-0.15, -0.1) is 0 Å². The molecule has 0 saturated carbocycles. The molecule has 1 saturated heterocycles. The molecule has 1 heterocycles. The normalized spacial score (nSPS) is 17.7. The van der Waals surface area contributed by atoms with Crippen LogP contribution in [0.3, 0.4) is 0 Å². The summed E-state index contributed by atoms with van der Waals surface area (Å²) in [5.41, 5.74) is 5.40. The predicted molar refractivity (Wildman–Crippen MR) is 115 cm³/mol. The second-order valence-corrected chi connectivity index (χ2v) is 7.88. The maximum Gasteiger partial charge on any atom is 0.220 e. The highest BCUT2D eigenvalue weighted by Crippen LogP contribution is 2.16. The van der Waals surface area contributed by atoms with Gasteiger partial charge in [-0.05, 0) is 65.6 Å². The number of carbonyl (C=O) groups is 1. The summed E-state index contributed by atoms with van der Waals surface area (Å²) < 4.78 is 0. The van der Waals surface area contributed by atoms with Crippen molar-refractivity contribution in [3.8, 4) is 0 Å². The van der Waals surface area contributed by atoms with Crippen LogP contribution in [0, 0.1) is 5.92 Å². The molecule has 0 aromatic rings. The van der Waals surface area contributed by atoms with E-state index in [2.05, 4.69) is 36.3 Å². The van der Waals surface area contributed by atoms with Gasteiger partial charge in [-0.3, -0.25) is 9.79 Å². The first kappa shape index (κ1) is 23.7. The Kier molecular flexibility index (Phi) is 12.9. The molecule has 0 aromatic heterocycles. The number of primary amides is 1. The van der Waals surface area contributed by atoms with Crippen LogP contribution in [0.15, 0.2) is 4.99 Å². The van der Waals surface area contributed by atoms with E-state index in [9.17, 15) is 4.79 Å². The van der Waals surface area contributed by atoms with Crippen molar-refractivity contribution in [2.45, 2.75) is 84.6 Å². The van der Waals surface area contributed by atoms with Crippen LogP contribution in [0.4, 0.5) is 0 Å². The van der Waals surface area contributed by atoms with Crippen molar-refractivity contribution in [3.63, 3.8) is 0 Å². The van der Waals surface area contributed by atoms with Gasteiger partial charge in [-0.25, -0.2) is 0 Å². The number of rotatable bonds is 13. The molecule has 1 atom stereocenters. The lowest BCUT2D eigenvalue weighted by molar-refractivity contribution is -0.123. The molecule has 1 fully saturated rings. The van der Waals surface area contributed by atoms with Crippen molar-refractivity contribution in [3.05, 3.63) is 0 Å². The number of hydrogen-bond donors (Lipinski definition) is 3. The lowest BCUT2D eigenvalue weighted by atomic mass is 9.96. The van der Waals surface area contributed by atoms with Crippen molar-refractivity contribution >= 4 is 11.9 Å². The Labute approximate surface area is 166 Å². The van der Waals surface area contributed by atoms with Gasteiger partial charge in [0, 0.05) is 25.0 Å². The minimum atomic E-state index is -0.132. The molecule has 1 aliphatic heterocycles. The number of nitrogens with zero attached hydrogens (tertiary/aromatic N) is 2. The molecule has 27 heavy (non-hydrogen) atoms. The summed E-state index contributed by atoms with van der Waals surface area (Å²) in [5, 5.41) is 6.89. The molecule has 158 valence electrons. The Bertz CT molecular complexity index is 419. The van der Waals surface area contributed by atoms with Gasteiger partial charge in [0.25, 0.3) is 0 Å². The summed E-state index contributed by atoms with van der Waals surface area (Å²) in [4.78, 5) is 18.4. The van der Waals surface area contributed by atoms with E-state index < -0.39 is 0 Å². The van der Waals surface area contributed by atoms with E-state index in [-0.39, 0.29) is 11.8 Å². The number of guanidine groups is 1. The number of nitrogens with two attached hydrogens (primary N) is 1. The highest BCUT2D eigenvalue weighted by atomic mass is 16.1. The summed E-state index contributed by atoms with van der Waals surface area (Å²) in [5.74, 6) is 0.901. The molecule has 0 bridgehead atoms. The maximum atomic E-state index is 11.2. The van der Waals surface area contributed by atoms with E-state index >= 15 is 0 Å². The average molecular weight is 382 g/mol. The van der Waals surface area contributed by atoms with Gasteiger partial charge in [-0.2, -0.15) is 0 Å². The molecule has 1 aliphatic rings. The Balaban J connectivity index is 2.18. The second-order valence-electron chi connectivity index (χ2n) is 7.88. The molecular weight excluding hydrogens is 338 g/mol. The van der Waals surface area contributed by atoms with Crippen LogP contribution < -0.4 is 16.4 Å². The number of piperidine rings is 1. The Hall–Kier alpha value is -1.30. The third-order valence-electron chi connectivity index (χ3n) is 5.36. The van der Waals surface area contributed by atoms with Crippen molar-refractivity contribution in [1.29, 1.82) is 0 Å². The number of unbranched alkanes of at least 4 members (excludes halogenated alkanes) is 4. The quantitative estimate of drug-likeness (QED) is 0.260. The largest absolute Gasteiger partial charge is 0.369 e. The number of hydrogen-bond acceptors (Lipinski definition) is 3. The first-order valence-electron chi connectivity index (χ1n) is 11.1. The van der Waals surface area contributed by atoms with Gasteiger partial charge in [0.05, 0.1) is 0 Å². The zero-order valence-electron chi connectivity index (χ0n) is 17.9. The van der Waals surface area contributed by atoms with Crippen molar-refractivity contribution in [1.82, 2.24) is 15.5 Å². The van der Waals surface area contributed by atoms with Crippen LogP contribution in [-0.4, -0.2) is 55.5 Å². The molecule has 6 heteroatoms. The molecule has 1 amide bonds. The SMILES string of the molecule is CCCCCCC(C)NC(=NCCCCN1CCC(C(N)=O)CC1)NCC. The predicted octanol–water partition coefficient (Wildman–Crippen LogP) is 2.88. The van der Waals surface area contributed by atoms with Crippen LogP contribution >= 0.6 is 0 Å². The third-order valence-corrected chi connectivity index (χ3v) is 5.36. The molecule has 0 spiro atoms. The summed E-state index contributed by atoms with van der Waals surface area (Å²) in [6, 6.07) is 0.464. The van der Waals surface area contributed by atoms with Crippen LogP contribution in [0.5, 0.6) is 0 Å². The van der Waals surface area contributed by atoms with Crippen molar-refractivity contribution in [2.75, 3.05) is 32.7 Å². The minimum absolute atomic E-state index is 0.0866. The number of nitrogens with one attached hydrogen (secondary N) is 2. The minimum Gasteiger partial charge on any atom is -0.369 e. The number of likely N-dealkylation sites (tertiary alicyclic amines) is 1. The molecule has 4 N–H and O–H groups in total. The first-order valence-corrected chi connectivity index (χ1v) is 11.1. The first-order chi connectivity index (χ1) is 13.1. The number of aliphatic imine (C=N–C) groups is 1. The average Bonchev–Trinajstić information content (AvgIpc) is 2.65. The van der Waals surface area contributed by atoms with Crippen LogP contribution in [0.2, 0.25) is 0 Å². The molecule has 0 radical (unpaired) electrons. The highest BCUT2D eigenvalue weighted by Gasteiger charge is 2.22. The summed E-state index contributed by atoms with van der Waals surface area (Å²) in [6.45, 7) is 11.4. The van der Waals surface area contributed by atoms with E-state index in [0.29, 0.717) is 6.04 Å². The van der Waals surface area contributed by atoms with E-state index in [4.69, 9.17) is 10.7 Å². The van der Waals surface area contributed by atoms with Crippen molar-refractivity contribution < 1.29 is 4.79 Å². The fourth-order valence-electron chi connectivity index (χ4n) is 3.58. The van der Waals surface area contributed by atoms with Crippen LogP contribution in [0.25, 0.3) is 0 Å². The molecular formula is C21H43N5O. The van der Waals surface area contributed by atoms with E-state index in [1.54, 1.807) is 0 Å². The Morgan fingerprint density at radius 1 is 1.15 bits per heavy atom. The van der Waals surface area contributed by atoms with Gasteiger partial charge in [0.15, 0.2) is 5.96 Å². The van der Waals surface area contributed by atoms with E-state index in [1.807, 2.05) is 0 Å². The Morgan fingerprint density at radius 2 is 1.89 bits per heavy atom. The van der Waals surface area contributed by atoms with Gasteiger partial charge in [-0.1, -0.05) is 32.6 Å². The molecule has 0 aliphatic carbocycles. The molecule has 6 nitrogen and oxygen atoms in total. The number of amides is 1.